The number of hydrogen-bond donors (Lipinski definition) is 1. The predicted octanol–water partition coefficient (Wildman–Crippen LogP) is 0.776. The molecule has 0 aliphatic carbocycles. The number of fused-ring (bicyclic) bond motifs is 1. The minimum atomic E-state index is -3.70. The van der Waals surface area contributed by atoms with Gasteiger partial charge in [0.1, 0.15) is 16.1 Å². The molecule has 10 heteroatoms. The molecule has 0 radical (unpaired) electrons. The number of anilines is 1. The second kappa shape index (κ2) is 6.39. The van der Waals surface area contributed by atoms with Crippen LogP contribution in [-0.4, -0.2) is 54.4 Å². The minimum Gasteiger partial charge on any atom is -0.423 e. The number of nitrogens with zero attached hydrogens (tertiary/aromatic N) is 4. The summed E-state index contributed by atoms with van der Waals surface area (Å²) in [4.78, 5) is 17.8. The van der Waals surface area contributed by atoms with E-state index in [9.17, 15) is 13.2 Å². The fourth-order valence-corrected chi connectivity index (χ4v) is 4.68. The van der Waals surface area contributed by atoms with Crippen LogP contribution in [0.3, 0.4) is 0 Å². The number of para-hydroxylation sites is 2. The van der Waals surface area contributed by atoms with Gasteiger partial charge in [0.25, 0.3) is 11.9 Å². The van der Waals surface area contributed by atoms with E-state index in [0.29, 0.717) is 37.8 Å². The van der Waals surface area contributed by atoms with Gasteiger partial charge in [-0.1, -0.05) is 12.1 Å². The molecule has 3 aromatic rings. The number of aromatic nitrogens is 2. The van der Waals surface area contributed by atoms with Crippen molar-refractivity contribution >= 4 is 33.0 Å². The van der Waals surface area contributed by atoms with E-state index in [-0.39, 0.29) is 10.6 Å². The molecule has 1 aliphatic rings. The number of carbonyl (C=O) groups is 1. The van der Waals surface area contributed by atoms with Gasteiger partial charge in [-0.25, -0.2) is 8.42 Å². The molecule has 142 valence electrons. The van der Waals surface area contributed by atoms with Crippen molar-refractivity contribution in [1.29, 1.82) is 0 Å². The summed E-state index contributed by atoms with van der Waals surface area (Å²) >= 11 is 0. The molecule has 1 aromatic carbocycles. The van der Waals surface area contributed by atoms with Gasteiger partial charge < -0.3 is 19.6 Å². The molecule has 0 spiro atoms. The lowest BCUT2D eigenvalue weighted by Crippen LogP contribution is -2.48. The average Bonchev–Trinajstić information content (AvgIpc) is 3.25. The standard InChI is InChI=1S/C17H19N5O4S/c1-20-11-12(10-14(20)16(18)23)27(24,25)22-8-6-21(7-9-22)17-19-13-4-2-3-5-15(13)26-17/h2-5,10-11H,6-9H2,1H3,(H2,18,23). The van der Waals surface area contributed by atoms with Gasteiger partial charge in [-0.2, -0.15) is 9.29 Å². The van der Waals surface area contributed by atoms with Crippen LogP contribution in [-0.2, 0) is 17.1 Å². The zero-order valence-corrected chi connectivity index (χ0v) is 15.5. The molecular weight excluding hydrogens is 370 g/mol. The van der Waals surface area contributed by atoms with Crippen molar-refractivity contribution < 1.29 is 17.6 Å². The molecule has 9 nitrogen and oxygen atoms in total. The second-order valence-corrected chi connectivity index (χ2v) is 8.33. The molecule has 4 rings (SSSR count). The van der Waals surface area contributed by atoms with Gasteiger partial charge in [0, 0.05) is 39.4 Å². The molecule has 0 atom stereocenters. The maximum absolute atomic E-state index is 12.9. The Morgan fingerprint density at radius 1 is 1.19 bits per heavy atom. The number of oxazole rings is 1. The highest BCUT2D eigenvalue weighted by atomic mass is 32.2. The third-order valence-corrected chi connectivity index (χ3v) is 6.53. The molecule has 1 amide bonds. The predicted molar refractivity (Wildman–Crippen MR) is 98.9 cm³/mol. The highest BCUT2D eigenvalue weighted by molar-refractivity contribution is 7.89. The van der Waals surface area contributed by atoms with Crippen LogP contribution in [0.15, 0.2) is 45.8 Å². The first kappa shape index (κ1) is 17.6. The molecule has 0 unspecified atom stereocenters. The van der Waals surface area contributed by atoms with Gasteiger partial charge in [0.15, 0.2) is 5.58 Å². The molecular formula is C17H19N5O4S. The Morgan fingerprint density at radius 2 is 1.89 bits per heavy atom. The van der Waals surface area contributed by atoms with Crippen molar-refractivity contribution in [1.82, 2.24) is 13.9 Å². The van der Waals surface area contributed by atoms with E-state index < -0.39 is 15.9 Å². The Morgan fingerprint density at radius 3 is 2.52 bits per heavy atom. The van der Waals surface area contributed by atoms with E-state index in [4.69, 9.17) is 10.2 Å². The molecule has 2 aromatic heterocycles. The topological polar surface area (TPSA) is 115 Å². The number of nitrogens with two attached hydrogens (primary N) is 1. The van der Waals surface area contributed by atoms with Crippen molar-refractivity contribution in [2.24, 2.45) is 12.8 Å². The summed E-state index contributed by atoms with van der Waals surface area (Å²) in [6.45, 7) is 1.51. The Hall–Kier alpha value is -2.85. The number of aryl methyl sites for hydroxylation is 1. The van der Waals surface area contributed by atoms with Crippen LogP contribution in [0.5, 0.6) is 0 Å². The van der Waals surface area contributed by atoms with Crippen molar-refractivity contribution in [3.63, 3.8) is 0 Å². The molecule has 2 N–H and O–H groups in total. The first-order valence-corrected chi connectivity index (χ1v) is 9.87. The highest BCUT2D eigenvalue weighted by Crippen LogP contribution is 2.25. The van der Waals surface area contributed by atoms with Crippen molar-refractivity contribution in [2.75, 3.05) is 31.1 Å². The number of sulfonamides is 1. The van der Waals surface area contributed by atoms with Crippen molar-refractivity contribution in [3.05, 3.63) is 42.2 Å². The summed E-state index contributed by atoms with van der Waals surface area (Å²) in [5.41, 5.74) is 6.89. The summed E-state index contributed by atoms with van der Waals surface area (Å²) in [6, 6.07) is 9.28. The lowest BCUT2D eigenvalue weighted by molar-refractivity contribution is 0.0992. The van der Waals surface area contributed by atoms with E-state index in [1.807, 2.05) is 29.2 Å². The van der Waals surface area contributed by atoms with Gasteiger partial charge in [0.05, 0.1) is 0 Å². The van der Waals surface area contributed by atoms with Crippen LogP contribution in [0.1, 0.15) is 10.5 Å². The lowest BCUT2D eigenvalue weighted by Gasteiger charge is -2.32. The average molecular weight is 389 g/mol. The molecule has 3 heterocycles. The minimum absolute atomic E-state index is 0.0640. The summed E-state index contributed by atoms with van der Waals surface area (Å²) in [5.74, 6) is -0.667. The second-order valence-electron chi connectivity index (χ2n) is 6.39. The van der Waals surface area contributed by atoms with E-state index >= 15 is 0 Å². The summed E-state index contributed by atoms with van der Waals surface area (Å²) in [6.07, 6.45) is 1.41. The SMILES string of the molecule is Cn1cc(S(=O)(=O)N2CCN(c3nc4ccccc4o3)CC2)cc1C(N)=O. The zero-order chi connectivity index (χ0) is 19.2. The first-order valence-electron chi connectivity index (χ1n) is 8.43. The fourth-order valence-electron chi connectivity index (χ4n) is 3.18. The Labute approximate surface area is 156 Å². The Kier molecular flexibility index (Phi) is 4.16. The zero-order valence-electron chi connectivity index (χ0n) is 14.7. The van der Waals surface area contributed by atoms with Gasteiger partial charge in [-0.15, -0.1) is 0 Å². The van der Waals surface area contributed by atoms with Gasteiger partial charge in [0.2, 0.25) is 10.0 Å². The van der Waals surface area contributed by atoms with E-state index in [1.54, 1.807) is 7.05 Å². The van der Waals surface area contributed by atoms with Gasteiger partial charge in [-0.05, 0) is 18.2 Å². The Balaban J connectivity index is 1.51. The third-order valence-electron chi connectivity index (χ3n) is 4.66. The molecule has 0 bridgehead atoms. The van der Waals surface area contributed by atoms with Crippen LogP contribution < -0.4 is 10.6 Å². The summed E-state index contributed by atoms with van der Waals surface area (Å²) < 4.78 is 34.3. The lowest BCUT2D eigenvalue weighted by atomic mass is 10.3. The van der Waals surface area contributed by atoms with Crippen LogP contribution in [0.25, 0.3) is 11.1 Å². The number of benzene rings is 1. The van der Waals surface area contributed by atoms with Crippen LogP contribution >= 0.6 is 0 Å². The molecule has 0 saturated carbocycles. The number of amides is 1. The van der Waals surface area contributed by atoms with Crippen molar-refractivity contribution in [2.45, 2.75) is 4.90 Å². The van der Waals surface area contributed by atoms with Crippen LogP contribution in [0.4, 0.5) is 6.01 Å². The molecule has 1 aliphatic heterocycles. The third kappa shape index (κ3) is 3.06. The molecule has 1 saturated heterocycles. The van der Waals surface area contributed by atoms with Gasteiger partial charge in [-0.3, -0.25) is 4.79 Å². The highest BCUT2D eigenvalue weighted by Gasteiger charge is 2.31. The van der Waals surface area contributed by atoms with Crippen molar-refractivity contribution in [3.8, 4) is 0 Å². The normalized spacial score (nSPS) is 16.1. The maximum Gasteiger partial charge on any atom is 0.298 e. The number of hydrogen-bond acceptors (Lipinski definition) is 6. The molecule has 1 fully saturated rings. The monoisotopic (exact) mass is 389 g/mol. The number of rotatable bonds is 4. The fraction of sp³-hybridized carbons (Fsp3) is 0.294. The van der Waals surface area contributed by atoms with E-state index in [1.165, 1.54) is 21.1 Å². The summed E-state index contributed by atoms with van der Waals surface area (Å²) in [7, 11) is -2.11. The number of carbonyl (C=O) groups excluding carboxylic acids is 1. The largest absolute Gasteiger partial charge is 0.423 e. The van der Waals surface area contributed by atoms with Gasteiger partial charge >= 0.3 is 0 Å². The Bertz CT molecular complexity index is 1080. The smallest absolute Gasteiger partial charge is 0.298 e. The number of piperazine rings is 1. The maximum atomic E-state index is 12.9. The van der Waals surface area contributed by atoms with E-state index in [2.05, 4.69) is 4.98 Å². The van der Waals surface area contributed by atoms with E-state index in [0.717, 1.165) is 5.52 Å². The first-order chi connectivity index (χ1) is 12.9. The number of primary amides is 1. The quantitative estimate of drug-likeness (QED) is 0.705. The van der Waals surface area contributed by atoms with Crippen LogP contribution in [0.2, 0.25) is 0 Å². The van der Waals surface area contributed by atoms with Crippen LogP contribution in [0, 0.1) is 0 Å². The molecule has 27 heavy (non-hydrogen) atoms. The summed E-state index contributed by atoms with van der Waals surface area (Å²) in [5, 5.41) is 0.